The molecule has 0 fully saturated rings. The second-order valence-corrected chi connectivity index (χ2v) is 4.76. The van der Waals surface area contributed by atoms with Crippen molar-refractivity contribution in [3.05, 3.63) is 17.6 Å². The predicted octanol–water partition coefficient (Wildman–Crippen LogP) is 2.76. The summed E-state index contributed by atoms with van der Waals surface area (Å²) in [5.41, 5.74) is 0. The Morgan fingerprint density at radius 2 is 2.00 bits per heavy atom. The average Bonchev–Trinajstić information content (AvgIpc) is 2.30. The molecular weight excluding hydrogens is 184 g/mol. The van der Waals surface area contributed by atoms with E-state index in [0.717, 1.165) is 16.4 Å². The Kier molecular flexibility index (Phi) is 3.45. The van der Waals surface area contributed by atoms with E-state index in [9.17, 15) is 5.11 Å². The van der Waals surface area contributed by atoms with Gasteiger partial charge in [0.1, 0.15) is 11.5 Å². The lowest BCUT2D eigenvalue weighted by atomic mass is 10.3. The summed E-state index contributed by atoms with van der Waals surface area (Å²) in [5, 5.41) is 9.53. The van der Waals surface area contributed by atoms with Gasteiger partial charge in [-0.05, 0) is 26.8 Å². The summed E-state index contributed by atoms with van der Waals surface area (Å²) in [5.74, 6) is 1.87. The summed E-state index contributed by atoms with van der Waals surface area (Å²) in [7, 11) is 0. The molecular formula is C10H16O2S. The fourth-order valence-electron chi connectivity index (χ4n) is 1.02. The molecule has 1 heterocycles. The highest BCUT2D eigenvalue weighted by atomic mass is 32.2. The molecule has 74 valence electrons. The van der Waals surface area contributed by atoms with Crippen LogP contribution in [0.25, 0.3) is 0 Å². The highest BCUT2D eigenvalue weighted by molar-refractivity contribution is 8.00. The third-order valence-electron chi connectivity index (χ3n) is 1.99. The van der Waals surface area contributed by atoms with E-state index in [1.165, 1.54) is 0 Å². The van der Waals surface area contributed by atoms with Crippen LogP contribution in [0.4, 0.5) is 0 Å². The summed E-state index contributed by atoms with van der Waals surface area (Å²) in [6.45, 7) is 7.70. The molecule has 0 saturated heterocycles. The van der Waals surface area contributed by atoms with Gasteiger partial charge in [-0.15, -0.1) is 11.8 Å². The molecule has 0 spiro atoms. The normalized spacial score (nSPS) is 15.8. The molecule has 0 amide bonds. The molecule has 1 aromatic rings. The zero-order valence-electron chi connectivity index (χ0n) is 8.50. The maximum absolute atomic E-state index is 9.33. The minimum absolute atomic E-state index is 0.204. The SMILES string of the molecule is Cc1cc(SC(C)C(C)O)c(C)o1. The standard InChI is InChI=1S/C10H16O2S/c1-6-5-10(8(3)12-6)13-9(4)7(2)11/h5,7,9,11H,1-4H3. The first-order chi connectivity index (χ1) is 6.00. The van der Waals surface area contributed by atoms with Gasteiger partial charge in [0.25, 0.3) is 0 Å². The van der Waals surface area contributed by atoms with Gasteiger partial charge in [-0.2, -0.15) is 0 Å². The van der Waals surface area contributed by atoms with Crippen LogP contribution in [-0.2, 0) is 0 Å². The fourth-order valence-corrected chi connectivity index (χ4v) is 2.06. The van der Waals surface area contributed by atoms with E-state index in [4.69, 9.17) is 4.42 Å². The van der Waals surface area contributed by atoms with Crippen molar-refractivity contribution >= 4 is 11.8 Å². The Morgan fingerprint density at radius 1 is 1.38 bits per heavy atom. The van der Waals surface area contributed by atoms with Crippen molar-refractivity contribution in [3.8, 4) is 0 Å². The molecule has 0 aliphatic rings. The molecule has 0 bridgehead atoms. The monoisotopic (exact) mass is 200 g/mol. The molecule has 1 N–H and O–H groups in total. The molecule has 1 rings (SSSR count). The Hall–Kier alpha value is -0.410. The molecule has 0 radical (unpaired) electrons. The number of hydrogen-bond donors (Lipinski definition) is 1. The summed E-state index contributed by atoms with van der Waals surface area (Å²) < 4.78 is 5.39. The highest BCUT2D eigenvalue weighted by Gasteiger charge is 2.13. The van der Waals surface area contributed by atoms with Crippen molar-refractivity contribution < 1.29 is 9.52 Å². The third kappa shape index (κ3) is 2.78. The molecule has 0 aliphatic heterocycles. The lowest BCUT2D eigenvalue weighted by molar-refractivity contribution is 0.196. The Bertz CT molecular complexity index is 278. The maximum atomic E-state index is 9.33. The number of aliphatic hydroxyl groups excluding tert-OH is 1. The van der Waals surface area contributed by atoms with E-state index in [0.29, 0.717) is 0 Å². The van der Waals surface area contributed by atoms with Gasteiger partial charge in [0, 0.05) is 10.1 Å². The number of furan rings is 1. The lowest BCUT2D eigenvalue weighted by Gasteiger charge is -2.12. The van der Waals surface area contributed by atoms with Crippen LogP contribution >= 0.6 is 11.8 Å². The van der Waals surface area contributed by atoms with Crippen LogP contribution in [0, 0.1) is 13.8 Å². The Labute approximate surface area is 83.3 Å². The van der Waals surface area contributed by atoms with Crippen LogP contribution in [0.2, 0.25) is 0 Å². The van der Waals surface area contributed by atoms with Crippen molar-refractivity contribution in [3.63, 3.8) is 0 Å². The topological polar surface area (TPSA) is 33.4 Å². The summed E-state index contributed by atoms with van der Waals surface area (Å²) in [4.78, 5) is 1.13. The quantitative estimate of drug-likeness (QED) is 0.762. The molecule has 1 aromatic heterocycles. The van der Waals surface area contributed by atoms with Gasteiger partial charge in [0.2, 0.25) is 0 Å². The number of aryl methyl sites for hydroxylation is 2. The zero-order chi connectivity index (χ0) is 10.0. The van der Waals surface area contributed by atoms with Crippen molar-refractivity contribution in [2.45, 2.75) is 43.9 Å². The molecule has 0 aromatic carbocycles. The van der Waals surface area contributed by atoms with Crippen molar-refractivity contribution in [2.75, 3.05) is 0 Å². The van der Waals surface area contributed by atoms with Crippen LogP contribution < -0.4 is 0 Å². The van der Waals surface area contributed by atoms with Crippen molar-refractivity contribution in [1.82, 2.24) is 0 Å². The lowest BCUT2D eigenvalue weighted by Crippen LogP contribution is -2.14. The summed E-state index contributed by atoms with van der Waals surface area (Å²) >= 11 is 1.66. The first-order valence-electron chi connectivity index (χ1n) is 4.42. The van der Waals surface area contributed by atoms with E-state index >= 15 is 0 Å². The van der Waals surface area contributed by atoms with Crippen LogP contribution in [0.15, 0.2) is 15.4 Å². The van der Waals surface area contributed by atoms with E-state index in [2.05, 4.69) is 0 Å². The predicted molar refractivity (Wildman–Crippen MR) is 55.2 cm³/mol. The Morgan fingerprint density at radius 3 is 2.38 bits per heavy atom. The number of thioether (sulfide) groups is 1. The van der Waals surface area contributed by atoms with Gasteiger partial charge < -0.3 is 9.52 Å². The van der Waals surface area contributed by atoms with E-state index in [1.54, 1.807) is 18.7 Å². The highest BCUT2D eigenvalue weighted by Crippen LogP contribution is 2.30. The molecule has 13 heavy (non-hydrogen) atoms. The molecule has 0 saturated carbocycles. The average molecular weight is 200 g/mol. The molecule has 2 unspecified atom stereocenters. The second kappa shape index (κ2) is 4.20. The second-order valence-electron chi connectivity index (χ2n) is 3.34. The largest absolute Gasteiger partial charge is 0.465 e. The smallest absolute Gasteiger partial charge is 0.114 e. The van der Waals surface area contributed by atoms with Gasteiger partial charge in [-0.1, -0.05) is 6.92 Å². The van der Waals surface area contributed by atoms with Crippen molar-refractivity contribution in [1.29, 1.82) is 0 Å². The first-order valence-corrected chi connectivity index (χ1v) is 5.30. The fraction of sp³-hybridized carbons (Fsp3) is 0.600. The first kappa shape index (κ1) is 10.7. The Balaban J connectivity index is 2.68. The van der Waals surface area contributed by atoms with Gasteiger partial charge in [-0.25, -0.2) is 0 Å². The zero-order valence-corrected chi connectivity index (χ0v) is 9.31. The van der Waals surface area contributed by atoms with E-state index in [-0.39, 0.29) is 11.4 Å². The summed E-state index contributed by atoms with van der Waals surface area (Å²) in [6.07, 6.45) is -0.292. The third-order valence-corrected chi connectivity index (χ3v) is 3.41. The van der Waals surface area contributed by atoms with Crippen LogP contribution in [0.5, 0.6) is 0 Å². The number of rotatable bonds is 3. The minimum Gasteiger partial charge on any atom is -0.465 e. The van der Waals surface area contributed by atoms with E-state index in [1.807, 2.05) is 26.8 Å². The van der Waals surface area contributed by atoms with Crippen LogP contribution in [-0.4, -0.2) is 16.5 Å². The number of hydrogen-bond acceptors (Lipinski definition) is 3. The van der Waals surface area contributed by atoms with Gasteiger partial charge in [0.05, 0.1) is 6.10 Å². The minimum atomic E-state index is -0.292. The van der Waals surface area contributed by atoms with Gasteiger partial charge in [0.15, 0.2) is 0 Å². The summed E-state index contributed by atoms with van der Waals surface area (Å²) in [6, 6.07) is 2.01. The van der Waals surface area contributed by atoms with Gasteiger partial charge >= 0.3 is 0 Å². The molecule has 3 heteroatoms. The van der Waals surface area contributed by atoms with Gasteiger partial charge in [-0.3, -0.25) is 0 Å². The molecule has 2 nitrogen and oxygen atoms in total. The molecule has 2 atom stereocenters. The van der Waals surface area contributed by atoms with Crippen LogP contribution in [0.1, 0.15) is 25.4 Å². The molecule has 0 aliphatic carbocycles. The van der Waals surface area contributed by atoms with Crippen molar-refractivity contribution in [2.24, 2.45) is 0 Å². The van der Waals surface area contributed by atoms with Crippen LogP contribution in [0.3, 0.4) is 0 Å². The van der Waals surface area contributed by atoms with E-state index < -0.39 is 0 Å². The number of aliphatic hydroxyl groups is 1. The maximum Gasteiger partial charge on any atom is 0.114 e.